The van der Waals surface area contributed by atoms with Crippen molar-refractivity contribution < 1.29 is 4.42 Å². The summed E-state index contributed by atoms with van der Waals surface area (Å²) in [4.78, 5) is 2.48. The molecule has 0 radical (unpaired) electrons. The maximum Gasteiger partial charge on any atom is 0.143 e. The van der Waals surface area contributed by atoms with Crippen LogP contribution in [0.1, 0.15) is 68.4 Å². The van der Waals surface area contributed by atoms with Gasteiger partial charge in [-0.3, -0.25) is 0 Å². The molecule has 56 heavy (non-hydrogen) atoms. The second kappa shape index (κ2) is 12.1. The number of nitrogens with zero attached hydrogens (tertiary/aromatic N) is 1. The van der Waals surface area contributed by atoms with E-state index in [0.717, 1.165) is 29.7 Å². The standard InChI is InChI=1S/C54H43NO/c1-53(2)47-20-11-9-16-45(47)50-48(53)32-31-44-43-18-12-17-40(51(43)56-52(44)50)36-23-27-38(28-24-36)55(37-25-21-35(22-26-37)34-13-6-5-7-14-34)39-29-30-42-41-15-8-10-19-46(41)54(3,4)49(42)33-39/h5-23,25-27,29-33H,24,28H2,1-4H3. The fraction of sp³-hybridized carbons (Fsp3) is 0.148. The van der Waals surface area contributed by atoms with Crippen LogP contribution in [0.4, 0.5) is 11.4 Å². The number of rotatable bonds is 5. The maximum atomic E-state index is 7.01. The Morgan fingerprint density at radius 2 is 1.07 bits per heavy atom. The lowest BCUT2D eigenvalue weighted by Crippen LogP contribution is -2.20. The van der Waals surface area contributed by atoms with Gasteiger partial charge in [-0.15, -0.1) is 0 Å². The fourth-order valence-electron chi connectivity index (χ4n) is 10.1. The second-order valence-electron chi connectivity index (χ2n) is 16.8. The Balaban J connectivity index is 1.02. The highest BCUT2D eigenvalue weighted by Gasteiger charge is 2.38. The zero-order chi connectivity index (χ0) is 37.8. The van der Waals surface area contributed by atoms with Crippen LogP contribution in [0.3, 0.4) is 0 Å². The predicted molar refractivity (Wildman–Crippen MR) is 235 cm³/mol. The Hall–Kier alpha value is -6.38. The minimum absolute atomic E-state index is 0.0681. The molecule has 3 aliphatic carbocycles. The zero-order valence-corrected chi connectivity index (χ0v) is 32.4. The van der Waals surface area contributed by atoms with E-state index in [1.165, 1.54) is 88.9 Å². The molecule has 8 aromatic rings. The summed E-state index contributed by atoms with van der Waals surface area (Å²) in [5, 5.41) is 2.37. The van der Waals surface area contributed by atoms with Gasteiger partial charge in [0.1, 0.15) is 11.2 Å². The van der Waals surface area contributed by atoms with E-state index >= 15 is 0 Å². The molecule has 1 aromatic heterocycles. The fourth-order valence-corrected chi connectivity index (χ4v) is 10.1. The van der Waals surface area contributed by atoms with Crippen LogP contribution in [-0.4, -0.2) is 0 Å². The largest absolute Gasteiger partial charge is 0.455 e. The Kier molecular flexibility index (Phi) is 7.11. The van der Waals surface area contributed by atoms with Crippen molar-refractivity contribution in [3.63, 3.8) is 0 Å². The molecule has 2 nitrogen and oxygen atoms in total. The third kappa shape index (κ3) is 4.75. The Morgan fingerprint density at radius 1 is 0.446 bits per heavy atom. The first-order chi connectivity index (χ1) is 27.3. The number of hydrogen-bond donors (Lipinski definition) is 0. The minimum Gasteiger partial charge on any atom is -0.455 e. The Labute approximate surface area is 329 Å². The van der Waals surface area contributed by atoms with Gasteiger partial charge < -0.3 is 9.32 Å². The van der Waals surface area contributed by atoms with Crippen LogP contribution in [0, 0.1) is 0 Å². The summed E-state index contributed by atoms with van der Waals surface area (Å²) in [5.41, 5.74) is 21.1. The molecule has 0 N–H and O–H groups in total. The van der Waals surface area contributed by atoms with Gasteiger partial charge in [0.15, 0.2) is 0 Å². The average molecular weight is 722 g/mol. The molecule has 0 saturated carbocycles. The van der Waals surface area contributed by atoms with Crippen LogP contribution in [0.25, 0.3) is 60.9 Å². The molecule has 0 spiro atoms. The number of furan rings is 1. The summed E-state index contributed by atoms with van der Waals surface area (Å²) in [6.45, 7) is 9.39. The van der Waals surface area contributed by atoms with E-state index in [1.54, 1.807) is 0 Å². The minimum atomic E-state index is -0.0813. The molecular weight excluding hydrogens is 679 g/mol. The van der Waals surface area contributed by atoms with Crippen LogP contribution in [0.15, 0.2) is 174 Å². The van der Waals surface area contributed by atoms with Crippen LogP contribution >= 0.6 is 0 Å². The van der Waals surface area contributed by atoms with Crippen molar-refractivity contribution in [2.75, 3.05) is 4.90 Å². The number of hydrogen-bond acceptors (Lipinski definition) is 2. The van der Waals surface area contributed by atoms with Crippen LogP contribution in [0.2, 0.25) is 0 Å². The highest BCUT2D eigenvalue weighted by molar-refractivity contribution is 6.13. The molecule has 0 atom stereocenters. The highest BCUT2D eigenvalue weighted by atomic mass is 16.3. The number of para-hydroxylation sites is 1. The lowest BCUT2D eigenvalue weighted by molar-refractivity contribution is 0.652. The third-order valence-corrected chi connectivity index (χ3v) is 13.0. The molecule has 0 aliphatic heterocycles. The van der Waals surface area contributed by atoms with E-state index in [0.29, 0.717) is 0 Å². The van der Waals surface area contributed by atoms with Gasteiger partial charge in [-0.2, -0.15) is 0 Å². The van der Waals surface area contributed by atoms with E-state index in [9.17, 15) is 0 Å². The molecule has 0 amide bonds. The van der Waals surface area contributed by atoms with Crippen LogP contribution in [0.5, 0.6) is 0 Å². The summed E-state index contributed by atoms with van der Waals surface area (Å²) in [5.74, 6) is 0. The molecule has 11 rings (SSSR count). The number of benzene rings is 7. The van der Waals surface area contributed by atoms with Gasteiger partial charge in [-0.05, 0) is 98.8 Å². The monoisotopic (exact) mass is 721 g/mol. The third-order valence-electron chi connectivity index (χ3n) is 13.0. The summed E-state index contributed by atoms with van der Waals surface area (Å²) in [6, 6.07) is 55.8. The molecule has 7 aromatic carbocycles. The number of fused-ring (bicyclic) bond motifs is 10. The van der Waals surface area contributed by atoms with E-state index in [2.05, 4.69) is 196 Å². The van der Waals surface area contributed by atoms with Crippen LogP contribution < -0.4 is 4.90 Å². The summed E-state index contributed by atoms with van der Waals surface area (Å²) < 4.78 is 7.01. The predicted octanol–water partition coefficient (Wildman–Crippen LogP) is 14.8. The molecule has 270 valence electrons. The van der Waals surface area contributed by atoms with Crippen molar-refractivity contribution in [2.24, 2.45) is 0 Å². The summed E-state index contributed by atoms with van der Waals surface area (Å²) >= 11 is 0. The van der Waals surface area contributed by atoms with Crippen molar-refractivity contribution >= 4 is 38.9 Å². The average Bonchev–Trinajstić information content (AvgIpc) is 3.82. The van der Waals surface area contributed by atoms with E-state index in [-0.39, 0.29) is 10.8 Å². The van der Waals surface area contributed by atoms with Crippen molar-refractivity contribution in [3.8, 4) is 33.4 Å². The van der Waals surface area contributed by atoms with Gasteiger partial charge in [0.2, 0.25) is 0 Å². The van der Waals surface area contributed by atoms with Crippen molar-refractivity contribution in [2.45, 2.75) is 51.4 Å². The second-order valence-corrected chi connectivity index (χ2v) is 16.8. The van der Waals surface area contributed by atoms with E-state index in [4.69, 9.17) is 4.42 Å². The lowest BCUT2D eigenvalue weighted by atomic mass is 9.82. The number of allylic oxidation sites excluding steroid dienone is 4. The SMILES string of the molecule is CC1(C)c2ccccc2-c2ccc(N(C3=CC=C(c4cccc5c4oc4c6c(ccc45)C(C)(C)c4ccccc4-6)CC3)c3ccc(-c4ccccc4)cc3)cc21. The smallest absolute Gasteiger partial charge is 0.143 e. The van der Waals surface area contributed by atoms with Crippen molar-refractivity contribution in [1.82, 2.24) is 0 Å². The quantitative estimate of drug-likeness (QED) is 0.176. The molecule has 3 aliphatic rings. The summed E-state index contributed by atoms with van der Waals surface area (Å²) in [7, 11) is 0. The van der Waals surface area contributed by atoms with Crippen molar-refractivity contribution in [1.29, 1.82) is 0 Å². The van der Waals surface area contributed by atoms with Gasteiger partial charge in [-0.1, -0.05) is 161 Å². The molecule has 0 fully saturated rings. The van der Waals surface area contributed by atoms with Gasteiger partial charge in [0, 0.05) is 49.8 Å². The van der Waals surface area contributed by atoms with Gasteiger partial charge in [0.05, 0.1) is 0 Å². The van der Waals surface area contributed by atoms with Crippen LogP contribution in [-0.2, 0) is 10.8 Å². The highest BCUT2D eigenvalue weighted by Crippen LogP contribution is 2.54. The molecule has 1 heterocycles. The van der Waals surface area contributed by atoms with E-state index < -0.39 is 0 Å². The van der Waals surface area contributed by atoms with Crippen molar-refractivity contribution in [3.05, 3.63) is 197 Å². The molecule has 0 bridgehead atoms. The zero-order valence-electron chi connectivity index (χ0n) is 32.4. The first-order valence-corrected chi connectivity index (χ1v) is 20.0. The van der Waals surface area contributed by atoms with Gasteiger partial charge in [0.25, 0.3) is 0 Å². The molecular formula is C54H43NO. The first-order valence-electron chi connectivity index (χ1n) is 20.0. The lowest BCUT2D eigenvalue weighted by Gasteiger charge is -2.31. The number of anilines is 2. The first kappa shape index (κ1) is 33.0. The molecule has 0 saturated heterocycles. The van der Waals surface area contributed by atoms with Gasteiger partial charge in [-0.25, -0.2) is 0 Å². The van der Waals surface area contributed by atoms with E-state index in [1.807, 2.05) is 0 Å². The summed E-state index contributed by atoms with van der Waals surface area (Å²) in [6.07, 6.45) is 6.49. The Morgan fingerprint density at radius 3 is 1.84 bits per heavy atom. The normalized spacial score (nSPS) is 15.9. The molecule has 0 unspecified atom stereocenters. The maximum absolute atomic E-state index is 7.01. The molecule has 2 heteroatoms. The Bertz CT molecular complexity index is 2950. The van der Waals surface area contributed by atoms with Gasteiger partial charge >= 0.3 is 0 Å². The topological polar surface area (TPSA) is 16.4 Å².